The molecule has 0 spiro atoms. The molecule has 2 atom stereocenters. The molecule has 21 heavy (non-hydrogen) atoms. The van der Waals surface area contributed by atoms with Gasteiger partial charge in [0.25, 0.3) is 0 Å². The summed E-state index contributed by atoms with van der Waals surface area (Å²) in [4.78, 5) is 5.49. The van der Waals surface area contributed by atoms with Gasteiger partial charge in [0, 0.05) is 31.7 Å². The third kappa shape index (κ3) is 3.46. The van der Waals surface area contributed by atoms with Crippen LogP contribution in [0.3, 0.4) is 0 Å². The summed E-state index contributed by atoms with van der Waals surface area (Å²) in [6.45, 7) is 7.61. The average molecular weight is 293 g/mol. The van der Waals surface area contributed by atoms with Crippen molar-refractivity contribution in [3.63, 3.8) is 0 Å². The van der Waals surface area contributed by atoms with Crippen molar-refractivity contribution in [1.29, 1.82) is 0 Å². The van der Waals surface area contributed by atoms with Gasteiger partial charge >= 0.3 is 0 Å². The maximum Gasteiger partial charge on any atom is 0.0223 e. The van der Waals surface area contributed by atoms with E-state index in [1.807, 2.05) is 0 Å². The first-order chi connectivity index (χ1) is 10.1. The molecule has 0 aromatic heterocycles. The molecule has 3 fully saturated rings. The Balaban J connectivity index is 1.63. The fourth-order valence-corrected chi connectivity index (χ4v) is 5.14. The van der Waals surface area contributed by atoms with Crippen molar-refractivity contribution in [3.8, 4) is 0 Å². The zero-order valence-electron chi connectivity index (χ0n) is 14.4. The lowest BCUT2D eigenvalue weighted by atomic mass is 9.70. The zero-order chi connectivity index (χ0) is 14.9. The molecule has 1 aliphatic carbocycles. The lowest BCUT2D eigenvalue weighted by Crippen LogP contribution is -2.47. The van der Waals surface area contributed by atoms with Gasteiger partial charge in [-0.1, -0.05) is 19.8 Å². The van der Waals surface area contributed by atoms with Crippen molar-refractivity contribution in [2.75, 3.05) is 40.3 Å². The van der Waals surface area contributed by atoms with Gasteiger partial charge in [-0.2, -0.15) is 0 Å². The van der Waals surface area contributed by atoms with E-state index in [4.69, 9.17) is 0 Å². The van der Waals surface area contributed by atoms with Crippen LogP contribution in [0, 0.1) is 11.3 Å². The highest BCUT2D eigenvalue weighted by molar-refractivity contribution is 4.95. The van der Waals surface area contributed by atoms with E-state index < -0.39 is 0 Å². The second-order valence-corrected chi connectivity index (χ2v) is 8.29. The van der Waals surface area contributed by atoms with Crippen molar-refractivity contribution >= 4 is 0 Å². The Morgan fingerprint density at radius 2 is 1.76 bits per heavy atom. The van der Waals surface area contributed by atoms with E-state index in [1.165, 1.54) is 71.1 Å². The third-order valence-electron chi connectivity index (χ3n) is 6.68. The number of likely N-dealkylation sites (N-methyl/N-ethyl adjacent to an activating group) is 1. The zero-order valence-corrected chi connectivity index (χ0v) is 14.4. The molecule has 1 N–H and O–H groups in total. The van der Waals surface area contributed by atoms with Crippen LogP contribution in [0.25, 0.3) is 0 Å². The van der Waals surface area contributed by atoms with Gasteiger partial charge in [-0.3, -0.25) is 4.90 Å². The molecule has 3 rings (SSSR count). The Morgan fingerprint density at radius 3 is 2.48 bits per heavy atom. The summed E-state index contributed by atoms with van der Waals surface area (Å²) >= 11 is 0. The van der Waals surface area contributed by atoms with Gasteiger partial charge in [0.15, 0.2) is 0 Å². The number of hydrogen-bond donors (Lipinski definition) is 1. The number of hydrogen-bond acceptors (Lipinski definition) is 3. The minimum atomic E-state index is 0.545. The predicted octanol–water partition coefficient (Wildman–Crippen LogP) is 2.57. The van der Waals surface area contributed by atoms with Crippen LogP contribution in [0.5, 0.6) is 0 Å². The Bertz CT molecular complexity index is 335. The van der Waals surface area contributed by atoms with E-state index >= 15 is 0 Å². The molecular formula is C18H35N3. The van der Waals surface area contributed by atoms with Gasteiger partial charge in [-0.25, -0.2) is 0 Å². The van der Waals surface area contributed by atoms with Crippen molar-refractivity contribution < 1.29 is 0 Å². The van der Waals surface area contributed by atoms with Gasteiger partial charge in [-0.15, -0.1) is 0 Å². The molecule has 2 heterocycles. The summed E-state index contributed by atoms with van der Waals surface area (Å²) in [5, 5.41) is 3.50. The van der Waals surface area contributed by atoms with Gasteiger partial charge in [-0.05, 0) is 64.1 Å². The van der Waals surface area contributed by atoms with Crippen molar-refractivity contribution in [2.24, 2.45) is 11.3 Å². The Kier molecular flexibility index (Phi) is 4.92. The molecule has 1 saturated carbocycles. The van der Waals surface area contributed by atoms with Crippen LogP contribution in [0.15, 0.2) is 0 Å². The second kappa shape index (κ2) is 6.55. The first kappa shape index (κ1) is 15.8. The third-order valence-corrected chi connectivity index (χ3v) is 6.68. The molecule has 0 amide bonds. The average Bonchev–Trinajstić information content (AvgIpc) is 2.71. The summed E-state index contributed by atoms with van der Waals surface area (Å²) in [7, 11) is 4.50. The fraction of sp³-hybridized carbons (Fsp3) is 1.00. The normalized spacial score (nSPS) is 42.1. The molecule has 0 aromatic carbocycles. The van der Waals surface area contributed by atoms with Crippen molar-refractivity contribution in [2.45, 2.75) is 64.0 Å². The lowest BCUT2D eigenvalue weighted by molar-refractivity contribution is 0.0829. The highest BCUT2D eigenvalue weighted by atomic mass is 15.3. The van der Waals surface area contributed by atoms with Gasteiger partial charge in [0.1, 0.15) is 0 Å². The second-order valence-electron chi connectivity index (χ2n) is 8.29. The van der Waals surface area contributed by atoms with Crippen molar-refractivity contribution in [1.82, 2.24) is 15.1 Å². The SMILES string of the molecule is CNCC1(CN2CCC3CCC(C2)N3C)CCC(C)CC1. The predicted molar refractivity (Wildman–Crippen MR) is 89.6 cm³/mol. The van der Waals surface area contributed by atoms with E-state index in [2.05, 4.69) is 36.1 Å². The smallest absolute Gasteiger partial charge is 0.0223 e. The van der Waals surface area contributed by atoms with E-state index in [1.54, 1.807) is 0 Å². The Labute approximate surface area is 131 Å². The Hall–Kier alpha value is -0.120. The maximum atomic E-state index is 3.50. The highest BCUT2D eigenvalue weighted by Crippen LogP contribution is 2.40. The van der Waals surface area contributed by atoms with E-state index in [0.717, 1.165) is 18.0 Å². The highest BCUT2D eigenvalue weighted by Gasteiger charge is 2.39. The number of fused-ring (bicyclic) bond motifs is 2. The van der Waals surface area contributed by atoms with Gasteiger partial charge in [0.05, 0.1) is 0 Å². The molecule has 2 bridgehead atoms. The minimum Gasteiger partial charge on any atom is -0.319 e. The van der Waals surface area contributed by atoms with E-state index in [9.17, 15) is 0 Å². The summed E-state index contributed by atoms with van der Waals surface area (Å²) in [6, 6.07) is 1.69. The van der Waals surface area contributed by atoms with Crippen LogP contribution >= 0.6 is 0 Å². The number of nitrogens with one attached hydrogen (secondary N) is 1. The first-order valence-electron chi connectivity index (χ1n) is 9.21. The maximum absolute atomic E-state index is 3.50. The van der Waals surface area contributed by atoms with Crippen LogP contribution in [0.2, 0.25) is 0 Å². The van der Waals surface area contributed by atoms with Crippen LogP contribution in [-0.2, 0) is 0 Å². The van der Waals surface area contributed by atoms with Crippen LogP contribution in [-0.4, -0.2) is 62.2 Å². The Morgan fingerprint density at radius 1 is 1.05 bits per heavy atom. The summed E-state index contributed by atoms with van der Waals surface area (Å²) in [5.41, 5.74) is 0.545. The molecule has 0 radical (unpaired) electrons. The molecule has 3 nitrogen and oxygen atoms in total. The number of likely N-dealkylation sites (tertiary alicyclic amines) is 1. The largest absolute Gasteiger partial charge is 0.319 e. The van der Waals surface area contributed by atoms with Crippen LogP contribution in [0.4, 0.5) is 0 Å². The summed E-state index contributed by atoms with van der Waals surface area (Å²) < 4.78 is 0. The number of nitrogens with zero attached hydrogens (tertiary/aromatic N) is 2. The lowest BCUT2D eigenvalue weighted by Gasteiger charge is -2.43. The van der Waals surface area contributed by atoms with Crippen LogP contribution < -0.4 is 5.32 Å². The minimum absolute atomic E-state index is 0.545. The molecule has 2 aliphatic heterocycles. The molecule has 3 heteroatoms. The van der Waals surface area contributed by atoms with Gasteiger partial charge in [0.2, 0.25) is 0 Å². The molecule has 2 unspecified atom stereocenters. The van der Waals surface area contributed by atoms with Gasteiger partial charge < -0.3 is 10.2 Å². The van der Waals surface area contributed by atoms with Crippen molar-refractivity contribution in [3.05, 3.63) is 0 Å². The summed E-state index contributed by atoms with van der Waals surface area (Å²) in [6.07, 6.45) is 9.97. The van der Waals surface area contributed by atoms with E-state index in [0.29, 0.717) is 5.41 Å². The number of rotatable bonds is 4. The molecule has 122 valence electrons. The topological polar surface area (TPSA) is 18.5 Å². The first-order valence-corrected chi connectivity index (χ1v) is 9.21. The van der Waals surface area contributed by atoms with E-state index in [-0.39, 0.29) is 0 Å². The molecule has 0 aromatic rings. The molecular weight excluding hydrogens is 258 g/mol. The standard InChI is InChI=1S/C18H35N3/c1-15-6-9-18(10-7-15,13-19-2)14-21-11-8-16-4-5-17(12-21)20(16)3/h15-17,19H,4-14H2,1-3H3. The fourth-order valence-electron chi connectivity index (χ4n) is 5.14. The monoisotopic (exact) mass is 293 g/mol. The molecule has 3 aliphatic rings. The quantitative estimate of drug-likeness (QED) is 0.859. The van der Waals surface area contributed by atoms with Crippen LogP contribution in [0.1, 0.15) is 51.9 Å². The summed E-state index contributed by atoms with van der Waals surface area (Å²) in [5.74, 6) is 0.946. The molecule has 2 saturated heterocycles.